The van der Waals surface area contributed by atoms with Gasteiger partial charge in [-0.2, -0.15) is 0 Å². The summed E-state index contributed by atoms with van der Waals surface area (Å²) in [7, 11) is -2.27. The van der Waals surface area contributed by atoms with Crippen molar-refractivity contribution in [3.8, 4) is 17.2 Å². The van der Waals surface area contributed by atoms with Gasteiger partial charge in [0, 0.05) is 19.0 Å². The van der Waals surface area contributed by atoms with Crippen LogP contribution in [0.25, 0.3) is 0 Å². The van der Waals surface area contributed by atoms with E-state index < -0.39 is 21.0 Å². The SMILES string of the molecule is CCOc1ccc(CNC(=O)CC(C)S(=O)(=O)c2cc3c(cc2C)NC(=O)CO3)cc1OC. The number of carbonyl (C=O) groups excluding carboxylic acids is 2. The van der Waals surface area contributed by atoms with E-state index >= 15 is 0 Å². The van der Waals surface area contributed by atoms with Gasteiger partial charge in [-0.1, -0.05) is 6.07 Å². The van der Waals surface area contributed by atoms with Crippen LogP contribution in [0.15, 0.2) is 35.2 Å². The molecule has 2 aromatic carbocycles. The molecule has 2 aromatic rings. The highest BCUT2D eigenvalue weighted by Gasteiger charge is 2.29. The highest BCUT2D eigenvalue weighted by molar-refractivity contribution is 7.92. The Kier molecular flexibility index (Phi) is 7.47. The van der Waals surface area contributed by atoms with E-state index in [0.717, 1.165) is 5.56 Å². The van der Waals surface area contributed by atoms with Gasteiger partial charge in [0.2, 0.25) is 5.91 Å². The van der Waals surface area contributed by atoms with Gasteiger partial charge in [-0.15, -0.1) is 0 Å². The molecule has 0 saturated heterocycles. The molecule has 0 fully saturated rings. The van der Waals surface area contributed by atoms with Crippen LogP contribution in [0.4, 0.5) is 5.69 Å². The maximum absolute atomic E-state index is 13.1. The fourth-order valence-corrected chi connectivity index (χ4v) is 5.06. The van der Waals surface area contributed by atoms with Gasteiger partial charge >= 0.3 is 0 Å². The number of hydrogen-bond acceptors (Lipinski definition) is 7. The fraction of sp³-hybridized carbons (Fsp3) is 0.391. The molecular weight excluding hydrogens is 448 g/mol. The molecule has 1 atom stereocenters. The predicted molar refractivity (Wildman–Crippen MR) is 123 cm³/mol. The standard InChI is InChI=1S/C23H28N2O7S/c1-5-31-18-7-6-16(10-20(18)30-4)12-24-22(26)9-15(3)33(28,29)21-11-19-17(8-14(21)2)25-23(27)13-32-19/h6-8,10-11,15H,5,9,12-13H2,1-4H3,(H,24,26)(H,25,27). The van der Waals surface area contributed by atoms with Crippen molar-refractivity contribution in [3.05, 3.63) is 41.5 Å². The van der Waals surface area contributed by atoms with Crippen molar-refractivity contribution < 1.29 is 32.2 Å². The Morgan fingerprint density at radius 3 is 2.70 bits per heavy atom. The smallest absolute Gasteiger partial charge is 0.262 e. The van der Waals surface area contributed by atoms with Gasteiger partial charge in [-0.05, 0) is 50.1 Å². The Bertz CT molecular complexity index is 1160. The van der Waals surface area contributed by atoms with Crippen molar-refractivity contribution in [2.75, 3.05) is 25.6 Å². The van der Waals surface area contributed by atoms with Crippen molar-refractivity contribution in [3.63, 3.8) is 0 Å². The van der Waals surface area contributed by atoms with Crippen molar-refractivity contribution in [1.29, 1.82) is 0 Å². The molecule has 1 unspecified atom stereocenters. The van der Waals surface area contributed by atoms with Crippen LogP contribution in [-0.2, 0) is 26.0 Å². The quantitative estimate of drug-likeness (QED) is 0.571. The first kappa shape index (κ1) is 24.4. The summed E-state index contributed by atoms with van der Waals surface area (Å²) >= 11 is 0. The molecule has 9 nitrogen and oxygen atoms in total. The van der Waals surface area contributed by atoms with E-state index in [4.69, 9.17) is 14.2 Å². The zero-order valence-corrected chi connectivity index (χ0v) is 19.9. The van der Waals surface area contributed by atoms with Gasteiger partial charge < -0.3 is 24.8 Å². The third kappa shape index (κ3) is 5.57. The third-order valence-electron chi connectivity index (χ3n) is 5.24. The molecule has 0 aromatic heterocycles. The molecule has 1 aliphatic heterocycles. The Morgan fingerprint density at radius 2 is 2.00 bits per heavy atom. The first-order valence-corrected chi connectivity index (χ1v) is 12.1. The monoisotopic (exact) mass is 476 g/mol. The van der Waals surface area contributed by atoms with E-state index in [9.17, 15) is 18.0 Å². The lowest BCUT2D eigenvalue weighted by molar-refractivity contribution is -0.121. The Hall–Kier alpha value is -3.27. The molecule has 0 spiro atoms. The van der Waals surface area contributed by atoms with E-state index in [1.165, 1.54) is 20.1 Å². The summed E-state index contributed by atoms with van der Waals surface area (Å²) in [4.78, 5) is 24.0. The minimum Gasteiger partial charge on any atom is -0.493 e. The van der Waals surface area contributed by atoms with Gasteiger partial charge in [-0.25, -0.2) is 8.42 Å². The first-order valence-electron chi connectivity index (χ1n) is 10.5. The number of rotatable bonds is 9. The van der Waals surface area contributed by atoms with Crippen LogP contribution in [0.5, 0.6) is 17.2 Å². The number of methoxy groups -OCH3 is 1. The Morgan fingerprint density at radius 1 is 1.24 bits per heavy atom. The number of benzene rings is 2. The summed E-state index contributed by atoms with van der Waals surface area (Å²) in [6.45, 7) is 5.56. The number of anilines is 1. The normalized spacial score (nSPS) is 13.9. The molecule has 33 heavy (non-hydrogen) atoms. The van der Waals surface area contributed by atoms with Crippen LogP contribution >= 0.6 is 0 Å². The second kappa shape index (κ2) is 10.1. The second-order valence-corrected chi connectivity index (χ2v) is 10.0. The van der Waals surface area contributed by atoms with Crippen molar-refractivity contribution >= 4 is 27.3 Å². The molecule has 1 heterocycles. The van der Waals surface area contributed by atoms with Gasteiger partial charge in [0.1, 0.15) is 5.75 Å². The largest absolute Gasteiger partial charge is 0.493 e. The maximum Gasteiger partial charge on any atom is 0.262 e. The van der Waals surface area contributed by atoms with E-state index in [2.05, 4.69) is 10.6 Å². The molecular formula is C23H28N2O7S. The Labute approximate surface area is 193 Å². The van der Waals surface area contributed by atoms with Crippen LogP contribution in [-0.4, -0.2) is 45.8 Å². The number of aryl methyl sites for hydroxylation is 1. The molecule has 3 rings (SSSR count). The molecule has 2 amide bonds. The predicted octanol–water partition coefficient (Wildman–Crippen LogP) is 2.60. The topological polar surface area (TPSA) is 120 Å². The first-order chi connectivity index (χ1) is 15.6. The number of ether oxygens (including phenoxy) is 3. The number of hydrogen-bond donors (Lipinski definition) is 2. The molecule has 0 radical (unpaired) electrons. The highest BCUT2D eigenvalue weighted by Crippen LogP contribution is 2.34. The van der Waals surface area contributed by atoms with Crippen molar-refractivity contribution in [2.24, 2.45) is 0 Å². The van der Waals surface area contributed by atoms with Gasteiger partial charge in [0.15, 0.2) is 27.9 Å². The zero-order valence-electron chi connectivity index (χ0n) is 19.1. The van der Waals surface area contributed by atoms with Gasteiger partial charge in [0.25, 0.3) is 5.91 Å². The number of fused-ring (bicyclic) bond motifs is 1. The van der Waals surface area contributed by atoms with Crippen LogP contribution < -0.4 is 24.8 Å². The summed E-state index contributed by atoms with van der Waals surface area (Å²) in [6.07, 6.45) is -0.204. The third-order valence-corrected chi connectivity index (χ3v) is 7.52. The molecule has 0 aliphatic carbocycles. The Balaban J connectivity index is 1.66. The van der Waals surface area contributed by atoms with Gasteiger partial charge in [-0.3, -0.25) is 9.59 Å². The highest BCUT2D eigenvalue weighted by atomic mass is 32.2. The zero-order chi connectivity index (χ0) is 24.2. The van der Waals surface area contributed by atoms with E-state index in [1.54, 1.807) is 25.1 Å². The molecule has 178 valence electrons. The van der Waals surface area contributed by atoms with Crippen LogP contribution in [0.1, 0.15) is 31.4 Å². The molecule has 0 saturated carbocycles. The van der Waals surface area contributed by atoms with Crippen LogP contribution in [0.2, 0.25) is 0 Å². The average Bonchev–Trinajstić information content (AvgIpc) is 2.77. The average molecular weight is 477 g/mol. The summed E-state index contributed by atoms with van der Waals surface area (Å²) in [5.74, 6) is 0.769. The fourth-order valence-electron chi connectivity index (χ4n) is 3.48. The van der Waals surface area contributed by atoms with Crippen LogP contribution in [0, 0.1) is 6.92 Å². The molecule has 2 N–H and O–H groups in total. The summed E-state index contributed by atoms with van der Waals surface area (Å²) in [6, 6.07) is 8.30. The lowest BCUT2D eigenvalue weighted by Crippen LogP contribution is -2.30. The van der Waals surface area contributed by atoms with E-state index in [0.29, 0.717) is 35.1 Å². The number of carbonyl (C=O) groups is 2. The lowest BCUT2D eigenvalue weighted by Gasteiger charge is -2.21. The van der Waals surface area contributed by atoms with E-state index in [1.807, 2.05) is 13.0 Å². The minimum absolute atomic E-state index is 0.0777. The molecule has 1 aliphatic rings. The van der Waals surface area contributed by atoms with Gasteiger partial charge in [0.05, 0.1) is 29.5 Å². The second-order valence-electron chi connectivity index (χ2n) is 7.71. The summed E-state index contributed by atoms with van der Waals surface area (Å²) < 4.78 is 42.4. The lowest BCUT2D eigenvalue weighted by atomic mass is 10.2. The number of amides is 2. The summed E-state index contributed by atoms with van der Waals surface area (Å²) in [5, 5.41) is 4.45. The van der Waals surface area contributed by atoms with E-state index in [-0.39, 0.29) is 30.4 Å². The molecule has 10 heteroatoms. The van der Waals surface area contributed by atoms with Crippen LogP contribution in [0.3, 0.4) is 0 Å². The maximum atomic E-state index is 13.1. The van der Waals surface area contributed by atoms with Crippen molar-refractivity contribution in [2.45, 2.75) is 43.9 Å². The minimum atomic E-state index is -3.81. The number of sulfone groups is 1. The summed E-state index contributed by atoms with van der Waals surface area (Å²) in [5.41, 5.74) is 1.69. The molecule has 0 bridgehead atoms. The van der Waals surface area contributed by atoms with Crippen molar-refractivity contribution in [1.82, 2.24) is 5.32 Å². The number of nitrogens with one attached hydrogen (secondary N) is 2.